The summed E-state index contributed by atoms with van der Waals surface area (Å²) < 4.78 is 20.3. The van der Waals surface area contributed by atoms with Crippen molar-refractivity contribution in [2.24, 2.45) is 0 Å². The van der Waals surface area contributed by atoms with E-state index in [0.717, 1.165) is 0 Å². The van der Waals surface area contributed by atoms with Gasteiger partial charge in [-0.1, -0.05) is 6.07 Å². The van der Waals surface area contributed by atoms with Crippen molar-refractivity contribution < 1.29 is 33.3 Å². The van der Waals surface area contributed by atoms with Crippen LogP contribution in [0.15, 0.2) is 42.5 Å². The predicted octanol–water partition coefficient (Wildman–Crippen LogP) is 2.08. The summed E-state index contributed by atoms with van der Waals surface area (Å²) in [4.78, 5) is 34.3. The summed E-state index contributed by atoms with van der Waals surface area (Å²) in [5, 5.41) is 2.59. The molecule has 8 heteroatoms. The number of hydrogen-bond donors (Lipinski definition) is 1. The van der Waals surface area contributed by atoms with Crippen LogP contribution < -0.4 is 19.5 Å². The van der Waals surface area contributed by atoms with Crippen molar-refractivity contribution in [3.05, 3.63) is 48.0 Å². The van der Waals surface area contributed by atoms with Gasteiger partial charge in [-0.2, -0.15) is 0 Å². The van der Waals surface area contributed by atoms with Crippen molar-refractivity contribution in [1.29, 1.82) is 0 Å². The molecule has 0 aliphatic heterocycles. The maximum absolute atomic E-state index is 11.8. The van der Waals surface area contributed by atoms with Crippen molar-refractivity contribution in [3.63, 3.8) is 0 Å². The molecule has 0 fully saturated rings. The molecule has 0 aromatic heterocycles. The number of anilines is 1. The smallest absolute Gasteiger partial charge is 0.344 e. The van der Waals surface area contributed by atoms with E-state index < -0.39 is 25.1 Å². The van der Waals surface area contributed by atoms with Gasteiger partial charge in [-0.05, 0) is 30.3 Å². The fourth-order valence-corrected chi connectivity index (χ4v) is 2.10. The second-order valence-electron chi connectivity index (χ2n) is 5.26. The highest BCUT2D eigenvalue weighted by molar-refractivity contribution is 5.93. The number of esters is 1. The molecule has 0 atom stereocenters. The number of ether oxygens (including phenoxy) is 4. The Kier molecular flexibility index (Phi) is 7.18. The number of carbonyl (C=O) groups is 3. The molecule has 0 heterocycles. The number of amides is 1. The number of hydrogen-bond acceptors (Lipinski definition) is 7. The number of aldehydes is 1. The third-order valence-electron chi connectivity index (χ3n) is 3.39. The fourth-order valence-electron chi connectivity index (χ4n) is 2.10. The third kappa shape index (κ3) is 6.03. The van der Waals surface area contributed by atoms with Crippen molar-refractivity contribution in [2.75, 3.05) is 32.8 Å². The van der Waals surface area contributed by atoms with E-state index in [-0.39, 0.29) is 5.75 Å². The largest absolute Gasteiger partial charge is 0.497 e. The van der Waals surface area contributed by atoms with E-state index in [4.69, 9.17) is 18.9 Å². The van der Waals surface area contributed by atoms with Crippen LogP contribution in [-0.2, 0) is 14.3 Å². The monoisotopic (exact) mass is 373 g/mol. The van der Waals surface area contributed by atoms with Crippen LogP contribution in [0.4, 0.5) is 5.69 Å². The molecule has 0 unspecified atom stereocenters. The second kappa shape index (κ2) is 9.81. The molecule has 1 N–H and O–H groups in total. The third-order valence-corrected chi connectivity index (χ3v) is 3.39. The first-order chi connectivity index (χ1) is 13.0. The van der Waals surface area contributed by atoms with E-state index in [0.29, 0.717) is 29.0 Å². The predicted molar refractivity (Wildman–Crippen MR) is 96.5 cm³/mol. The second-order valence-corrected chi connectivity index (χ2v) is 5.26. The molecular formula is C19H19NO7. The highest BCUT2D eigenvalue weighted by Crippen LogP contribution is 2.27. The van der Waals surface area contributed by atoms with Crippen LogP contribution in [0.5, 0.6) is 17.2 Å². The SMILES string of the molecule is COc1cccc(NC(=O)COC(=O)COc2ccc(C=O)cc2OC)c1. The van der Waals surface area contributed by atoms with Crippen LogP contribution >= 0.6 is 0 Å². The first kappa shape index (κ1) is 19.8. The van der Waals surface area contributed by atoms with Crippen molar-refractivity contribution in [2.45, 2.75) is 0 Å². The van der Waals surface area contributed by atoms with Crippen molar-refractivity contribution in [3.8, 4) is 17.2 Å². The minimum atomic E-state index is -0.725. The lowest BCUT2D eigenvalue weighted by Crippen LogP contribution is -2.23. The minimum Gasteiger partial charge on any atom is -0.497 e. The number of methoxy groups -OCH3 is 2. The summed E-state index contributed by atoms with van der Waals surface area (Å²) in [5.41, 5.74) is 0.933. The molecule has 142 valence electrons. The van der Waals surface area contributed by atoms with E-state index in [1.807, 2.05) is 0 Å². The molecule has 0 aliphatic rings. The van der Waals surface area contributed by atoms with Gasteiger partial charge < -0.3 is 24.3 Å². The molecule has 0 radical (unpaired) electrons. The Hall–Kier alpha value is -3.55. The molecule has 1 amide bonds. The Morgan fingerprint density at radius 3 is 2.52 bits per heavy atom. The lowest BCUT2D eigenvalue weighted by molar-refractivity contribution is -0.149. The lowest BCUT2D eigenvalue weighted by atomic mass is 10.2. The number of carbonyl (C=O) groups excluding carboxylic acids is 3. The van der Waals surface area contributed by atoms with Gasteiger partial charge in [-0.15, -0.1) is 0 Å². The minimum absolute atomic E-state index is 0.279. The molecule has 2 rings (SSSR count). The van der Waals surface area contributed by atoms with Gasteiger partial charge in [-0.25, -0.2) is 4.79 Å². The summed E-state index contributed by atoms with van der Waals surface area (Å²) in [6.45, 7) is -0.871. The van der Waals surface area contributed by atoms with Crippen LogP contribution in [-0.4, -0.2) is 45.6 Å². The van der Waals surface area contributed by atoms with Crippen molar-refractivity contribution in [1.82, 2.24) is 0 Å². The summed E-state index contributed by atoms with van der Waals surface area (Å²) in [6.07, 6.45) is 0.668. The van der Waals surface area contributed by atoms with Crippen LogP contribution in [0.2, 0.25) is 0 Å². The molecule has 27 heavy (non-hydrogen) atoms. The molecular weight excluding hydrogens is 354 g/mol. The lowest BCUT2D eigenvalue weighted by Gasteiger charge is -2.11. The Morgan fingerprint density at radius 1 is 1.00 bits per heavy atom. The molecule has 8 nitrogen and oxygen atoms in total. The highest BCUT2D eigenvalue weighted by atomic mass is 16.6. The molecule has 0 aliphatic carbocycles. The van der Waals surface area contributed by atoms with Gasteiger partial charge in [-0.3, -0.25) is 9.59 Å². The van der Waals surface area contributed by atoms with Gasteiger partial charge >= 0.3 is 5.97 Å². The van der Waals surface area contributed by atoms with Crippen LogP contribution in [0.25, 0.3) is 0 Å². The van der Waals surface area contributed by atoms with Gasteiger partial charge in [0.1, 0.15) is 12.0 Å². The van der Waals surface area contributed by atoms with Gasteiger partial charge in [0.05, 0.1) is 14.2 Å². The Morgan fingerprint density at radius 2 is 1.81 bits per heavy atom. The summed E-state index contributed by atoms with van der Waals surface area (Å²) in [6, 6.07) is 11.3. The molecule has 2 aromatic carbocycles. The zero-order valence-electron chi connectivity index (χ0n) is 14.9. The maximum atomic E-state index is 11.8. The highest BCUT2D eigenvalue weighted by Gasteiger charge is 2.12. The zero-order valence-corrected chi connectivity index (χ0v) is 14.9. The van der Waals surface area contributed by atoms with E-state index in [1.165, 1.54) is 32.4 Å². The molecule has 2 aromatic rings. The quantitative estimate of drug-likeness (QED) is 0.530. The van der Waals surface area contributed by atoms with E-state index in [1.54, 1.807) is 24.3 Å². The number of nitrogens with one attached hydrogen (secondary N) is 1. The van der Waals surface area contributed by atoms with Crippen LogP contribution in [0.1, 0.15) is 10.4 Å². The topological polar surface area (TPSA) is 100 Å². The van der Waals surface area contributed by atoms with E-state index in [2.05, 4.69) is 5.32 Å². The fraction of sp³-hybridized carbons (Fsp3) is 0.211. The summed E-state index contributed by atoms with van der Waals surface area (Å²) in [5.74, 6) is -0.0429. The first-order valence-electron chi connectivity index (χ1n) is 7.91. The first-order valence-corrected chi connectivity index (χ1v) is 7.91. The zero-order chi connectivity index (χ0) is 19.6. The maximum Gasteiger partial charge on any atom is 0.344 e. The standard InChI is InChI=1S/C19H19NO7/c1-24-15-5-3-4-14(9-15)20-18(22)11-27-19(23)12-26-16-7-6-13(10-21)8-17(16)25-2/h3-10H,11-12H2,1-2H3,(H,20,22). The van der Waals surface area contributed by atoms with Crippen molar-refractivity contribution >= 4 is 23.9 Å². The molecule has 0 spiro atoms. The van der Waals surface area contributed by atoms with E-state index >= 15 is 0 Å². The summed E-state index contributed by atoms with van der Waals surface area (Å²) in [7, 11) is 2.93. The molecule has 0 bridgehead atoms. The van der Waals surface area contributed by atoms with Crippen LogP contribution in [0.3, 0.4) is 0 Å². The Bertz CT molecular complexity index is 819. The summed E-state index contributed by atoms with van der Waals surface area (Å²) >= 11 is 0. The van der Waals surface area contributed by atoms with Crippen LogP contribution in [0, 0.1) is 0 Å². The van der Waals surface area contributed by atoms with Gasteiger partial charge in [0.15, 0.2) is 24.7 Å². The normalized spacial score (nSPS) is 9.85. The molecule has 0 saturated carbocycles. The average Bonchev–Trinajstić information content (AvgIpc) is 2.70. The number of rotatable bonds is 9. The van der Waals surface area contributed by atoms with Gasteiger partial charge in [0, 0.05) is 17.3 Å². The van der Waals surface area contributed by atoms with E-state index in [9.17, 15) is 14.4 Å². The molecule has 0 saturated heterocycles. The average molecular weight is 373 g/mol. The van der Waals surface area contributed by atoms with Gasteiger partial charge in [0.2, 0.25) is 0 Å². The Balaban J connectivity index is 1.80. The van der Waals surface area contributed by atoms with Gasteiger partial charge in [0.25, 0.3) is 5.91 Å². The number of benzene rings is 2. The Labute approximate surface area is 156 Å².